The van der Waals surface area contributed by atoms with E-state index in [9.17, 15) is 14.9 Å². The molecule has 0 aliphatic carbocycles. The van der Waals surface area contributed by atoms with Crippen molar-refractivity contribution in [2.45, 2.75) is 6.92 Å². The zero-order valence-electron chi connectivity index (χ0n) is 16.6. The molecule has 0 unspecified atom stereocenters. The van der Waals surface area contributed by atoms with Crippen LogP contribution in [0.1, 0.15) is 12.5 Å². The molecule has 0 spiro atoms. The number of nitro groups is 1. The van der Waals surface area contributed by atoms with Crippen LogP contribution in [0, 0.1) is 10.1 Å². The van der Waals surface area contributed by atoms with Crippen molar-refractivity contribution >= 4 is 22.8 Å². The van der Waals surface area contributed by atoms with Crippen molar-refractivity contribution in [2.24, 2.45) is 5.10 Å². The van der Waals surface area contributed by atoms with Crippen LogP contribution in [0.15, 0.2) is 82.7 Å². The van der Waals surface area contributed by atoms with E-state index < -0.39 is 4.92 Å². The number of benzene rings is 3. The van der Waals surface area contributed by atoms with E-state index in [1.807, 2.05) is 36.4 Å². The highest BCUT2D eigenvalue weighted by atomic mass is 16.6. The van der Waals surface area contributed by atoms with E-state index in [0.717, 1.165) is 5.56 Å². The summed E-state index contributed by atoms with van der Waals surface area (Å²) in [6.07, 6.45) is 1.40. The summed E-state index contributed by atoms with van der Waals surface area (Å²) in [4.78, 5) is 28.6. The van der Waals surface area contributed by atoms with Crippen LogP contribution in [-0.4, -0.2) is 27.4 Å². The third kappa shape index (κ3) is 4.04. The Morgan fingerprint density at radius 2 is 1.84 bits per heavy atom. The van der Waals surface area contributed by atoms with Crippen molar-refractivity contribution in [2.75, 3.05) is 6.61 Å². The molecular formula is C23H18N4O4. The van der Waals surface area contributed by atoms with Crippen molar-refractivity contribution in [1.29, 1.82) is 0 Å². The van der Waals surface area contributed by atoms with Crippen LogP contribution in [-0.2, 0) is 0 Å². The number of ether oxygens (including phenoxy) is 1. The molecule has 154 valence electrons. The molecule has 0 aliphatic heterocycles. The molecule has 8 heteroatoms. The molecule has 1 aromatic heterocycles. The molecule has 0 fully saturated rings. The maximum Gasteiger partial charge on any atom is 0.311 e. The van der Waals surface area contributed by atoms with Gasteiger partial charge in [-0.05, 0) is 31.2 Å². The van der Waals surface area contributed by atoms with Crippen molar-refractivity contribution < 1.29 is 9.66 Å². The lowest BCUT2D eigenvalue weighted by Gasteiger charge is -2.09. The van der Waals surface area contributed by atoms with Crippen LogP contribution in [0.5, 0.6) is 5.75 Å². The lowest BCUT2D eigenvalue weighted by Crippen LogP contribution is -2.20. The van der Waals surface area contributed by atoms with E-state index in [0.29, 0.717) is 28.9 Å². The Labute approximate surface area is 177 Å². The lowest BCUT2D eigenvalue weighted by atomic mass is 10.2. The van der Waals surface area contributed by atoms with Gasteiger partial charge in [0.1, 0.15) is 0 Å². The molecule has 0 saturated carbocycles. The smallest absolute Gasteiger partial charge is 0.311 e. The van der Waals surface area contributed by atoms with Gasteiger partial charge >= 0.3 is 5.69 Å². The van der Waals surface area contributed by atoms with Gasteiger partial charge in [0, 0.05) is 17.2 Å². The average molecular weight is 414 g/mol. The Bertz CT molecular complexity index is 1350. The molecule has 31 heavy (non-hydrogen) atoms. The van der Waals surface area contributed by atoms with Gasteiger partial charge in [-0.25, -0.2) is 4.98 Å². The third-order valence-electron chi connectivity index (χ3n) is 4.59. The largest absolute Gasteiger partial charge is 0.487 e. The molecule has 0 saturated heterocycles. The summed E-state index contributed by atoms with van der Waals surface area (Å²) >= 11 is 0. The highest BCUT2D eigenvalue weighted by molar-refractivity contribution is 5.83. The van der Waals surface area contributed by atoms with Gasteiger partial charge in [0.05, 0.1) is 28.6 Å². The van der Waals surface area contributed by atoms with Crippen molar-refractivity contribution in [3.8, 4) is 17.1 Å². The molecule has 0 amide bonds. The molecular weight excluding hydrogens is 396 g/mol. The molecule has 0 atom stereocenters. The molecule has 0 bridgehead atoms. The minimum atomic E-state index is -0.512. The van der Waals surface area contributed by atoms with E-state index >= 15 is 0 Å². The van der Waals surface area contributed by atoms with Crippen LogP contribution >= 0.6 is 0 Å². The second-order valence-electron chi connectivity index (χ2n) is 6.60. The number of para-hydroxylation sites is 1. The van der Waals surface area contributed by atoms with Crippen LogP contribution in [0.2, 0.25) is 0 Å². The fourth-order valence-electron chi connectivity index (χ4n) is 3.16. The zero-order valence-corrected chi connectivity index (χ0v) is 16.6. The van der Waals surface area contributed by atoms with Crippen molar-refractivity contribution in [3.63, 3.8) is 0 Å². The first kappa shape index (κ1) is 20.0. The number of aromatic nitrogens is 2. The van der Waals surface area contributed by atoms with Crippen LogP contribution in [0.25, 0.3) is 22.3 Å². The highest BCUT2D eigenvalue weighted by Gasteiger charge is 2.16. The first-order valence-corrected chi connectivity index (χ1v) is 9.61. The zero-order chi connectivity index (χ0) is 21.8. The van der Waals surface area contributed by atoms with E-state index in [1.54, 1.807) is 31.2 Å². The number of fused-ring (bicyclic) bond motifs is 1. The molecule has 1 heterocycles. The molecule has 0 aliphatic rings. The average Bonchev–Trinajstić information content (AvgIpc) is 2.79. The quantitative estimate of drug-likeness (QED) is 0.267. The number of nitrogens with zero attached hydrogens (tertiary/aromatic N) is 4. The normalized spacial score (nSPS) is 11.1. The fourth-order valence-corrected chi connectivity index (χ4v) is 3.16. The van der Waals surface area contributed by atoms with Gasteiger partial charge in [0.25, 0.3) is 5.56 Å². The number of rotatable bonds is 6. The first-order valence-electron chi connectivity index (χ1n) is 9.61. The third-order valence-corrected chi connectivity index (χ3v) is 4.59. The van der Waals surface area contributed by atoms with Crippen LogP contribution in [0.3, 0.4) is 0 Å². The maximum absolute atomic E-state index is 13.1. The Morgan fingerprint density at radius 3 is 2.58 bits per heavy atom. The molecule has 0 N–H and O–H groups in total. The summed E-state index contributed by atoms with van der Waals surface area (Å²) in [5.41, 5.74) is 1.24. The summed E-state index contributed by atoms with van der Waals surface area (Å²) < 4.78 is 6.52. The Hall–Kier alpha value is -4.33. The summed E-state index contributed by atoms with van der Waals surface area (Å²) in [6.45, 7) is 2.07. The summed E-state index contributed by atoms with van der Waals surface area (Å²) in [6, 6.07) is 20.8. The Morgan fingerprint density at radius 1 is 1.10 bits per heavy atom. The van der Waals surface area contributed by atoms with Gasteiger partial charge < -0.3 is 4.74 Å². The van der Waals surface area contributed by atoms with Crippen molar-refractivity contribution in [3.05, 3.63) is 98.8 Å². The SMILES string of the molecule is CCOc1ccc(C=Nn2c(-c3ccccc3)nc3ccccc3c2=O)cc1[N+](=O)[O-]. The summed E-state index contributed by atoms with van der Waals surface area (Å²) in [7, 11) is 0. The standard InChI is InChI=1S/C23H18N4O4/c1-2-31-21-13-12-16(14-20(21)27(29)30)15-24-26-22(17-8-4-3-5-9-17)25-19-11-7-6-10-18(19)23(26)28/h3-15H,2H2,1H3. The van der Waals surface area contributed by atoms with Crippen LogP contribution < -0.4 is 10.3 Å². The summed E-state index contributed by atoms with van der Waals surface area (Å²) in [5.74, 6) is 0.556. The van der Waals surface area contributed by atoms with Crippen LogP contribution in [0.4, 0.5) is 5.69 Å². The van der Waals surface area contributed by atoms with Gasteiger partial charge in [-0.2, -0.15) is 9.78 Å². The second kappa shape index (κ2) is 8.58. The monoisotopic (exact) mass is 414 g/mol. The minimum Gasteiger partial charge on any atom is -0.487 e. The molecule has 0 radical (unpaired) electrons. The number of nitro benzene ring substituents is 1. The molecule has 3 aromatic carbocycles. The number of hydrogen-bond acceptors (Lipinski definition) is 6. The van der Waals surface area contributed by atoms with E-state index in [4.69, 9.17) is 4.74 Å². The minimum absolute atomic E-state index is 0.168. The van der Waals surface area contributed by atoms with Gasteiger partial charge in [-0.3, -0.25) is 14.9 Å². The van der Waals surface area contributed by atoms with E-state index in [2.05, 4.69) is 10.1 Å². The highest BCUT2D eigenvalue weighted by Crippen LogP contribution is 2.27. The predicted molar refractivity (Wildman–Crippen MR) is 119 cm³/mol. The Balaban J connectivity index is 1.85. The summed E-state index contributed by atoms with van der Waals surface area (Å²) in [5, 5.41) is 16.1. The molecule has 4 aromatic rings. The van der Waals surface area contributed by atoms with Gasteiger partial charge in [0.2, 0.25) is 0 Å². The van der Waals surface area contributed by atoms with E-state index in [-0.39, 0.29) is 17.0 Å². The van der Waals surface area contributed by atoms with E-state index in [1.165, 1.54) is 23.0 Å². The topological polar surface area (TPSA) is 99.6 Å². The predicted octanol–water partition coefficient (Wildman–Crippen LogP) is 4.25. The fraction of sp³-hybridized carbons (Fsp3) is 0.0870. The van der Waals surface area contributed by atoms with Gasteiger partial charge in [-0.15, -0.1) is 0 Å². The first-order chi connectivity index (χ1) is 15.1. The lowest BCUT2D eigenvalue weighted by molar-refractivity contribution is -0.385. The maximum atomic E-state index is 13.1. The molecule has 8 nitrogen and oxygen atoms in total. The van der Waals surface area contributed by atoms with Gasteiger partial charge in [0.15, 0.2) is 11.6 Å². The Kier molecular flexibility index (Phi) is 5.53. The number of hydrogen-bond donors (Lipinski definition) is 0. The second-order valence-corrected chi connectivity index (χ2v) is 6.60. The van der Waals surface area contributed by atoms with Gasteiger partial charge in [-0.1, -0.05) is 42.5 Å². The molecule has 4 rings (SSSR count). The van der Waals surface area contributed by atoms with Crippen molar-refractivity contribution in [1.82, 2.24) is 9.66 Å².